The molecule has 1 aromatic carbocycles. The van der Waals surface area contributed by atoms with E-state index in [0.29, 0.717) is 23.1 Å². The number of rotatable bonds is 5. The molecule has 0 saturated carbocycles. The summed E-state index contributed by atoms with van der Waals surface area (Å²) >= 11 is 0. The first-order valence-electron chi connectivity index (χ1n) is 7.51. The number of hydrogen-bond donors (Lipinski definition) is 1. The molecule has 0 bridgehead atoms. The third-order valence-electron chi connectivity index (χ3n) is 3.91. The molecule has 0 atom stereocenters. The van der Waals surface area contributed by atoms with E-state index in [1.165, 1.54) is 6.42 Å². The van der Waals surface area contributed by atoms with Gasteiger partial charge < -0.3 is 10.2 Å². The first-order valence-corrected chi connectivity index (χ1v) is 7.51. The minimum absolute atomic E-state index is 0.0172. The molecule has 1 aromatic rings. The van der Waals surface area contributed by atoms with Gasteiger partial charge in [0.2, 0.25) is 5.91 Å². The number of anilines is 1. The van der Waals surface area contributed by atoms with Crippen molar-refractivity contribution in [3.05, 3.63) is 29.8 Å². The van der Waals surface area contributed by atoms with Crippen LogP contribution in [0.15, 0.2) is 24.3 Å². The maximum absolute atomic E-state index is 11.9. The van der Waals surface area contributed by atoms with Crippen LogP contribution in [-0.2, 0) is 4.79 Å². The van der Waals surface area contributed by atoms with Crippen LogP contribution in [0.4, 0.5) is 5.69 Å². The number of carbonyl (C=O) groups is 1. The van der Waals surface area contributed by atoms with Gasteiger partial charge in [-0.15, -0.1) is 0 Å². The first kappa shape index (κ1) is 15.5. The molecule has 1 aliphatic heterocycles. The predicted octanol–water partition coefficient (Wildman–Crippen LogP) is 3.01. The molecule has 1 amide bonds. The number of likely N-dealkylation sites (tertiary alicyclic amines) is 1. The van der Waals surface area contributed by atoms with Crippen molar-refractivity contribution in [3.63, 3.8) is 0 Å². The highest BCUT2D eigenvalue weighted by molar-refractivity contribution is 5.90. The topological polar surface area (TPSA) is 56.1 Å². The van der Waals surface area contributed by atoms with Crippen molar-refractivity contribution >= 4 is 11.6 Å². The maximum Gasteiger partial charge on any atom is 0.224 e. The Hall–Kier alpha value is -1.86. The molecular weight excluding hydrogens is 262 g/mol. The van der Waals surface area contributed by atoms with Gasteiger partial charge in [-0.2, -0.15) is 5.26 Å². The minimum Gasteiger partial charge on any atom is -0.326 e. The van der Waals surface area contributed by atoms with Gasteiger partial charge in [0.15, 0.2) is 0 Å². The van der Waals surface area contributed by atoms with Crippen LogP contribution < -0.4 is 5.32 Å². The largest absolute Gasteiger partial charge is 0.326 e. The summed E-state index contributed by atoms with van der Waals surface area (Å²) in [4.78, 5) is 14.3. The van der Waals surface area contributed by atoms with Crippen LogP contribution in [0.2, 0.25) is 0 Å². The molecule has 0 aromatic heterocycles. The molecule has 4 heteroatoms. The van der Waals surface area contributed by atoms with Gasteiger partial charge in [-0.25, -0.2) is 0 Å². The monoisotopic (exact) mass is 285 g/mol. The average Bonchev–Trinajstić information content (AvgIpc) is 2.78. The van der Waals surface area contributed by atoms with Crippen LogP contribution in [0.25, 0.3) is 0 Å². The van der Waals surface area contributed by atoms with Gasteiger partial charge in [0.25, 0.3) is 0 Å². The zero-order valence-electron chi connectivity index (χ0n) is 12.9. The number of nitriles is 1. The SMILES string of the molecule is CC1(C)CCN(CCCC(=O)Nc2cccc(C#N)c2)C1. The lowest BCUT2D eigenvalue weighted by Gasteiger charge is -2.19. The molecule has 1 aliphatic rings. The number of nitrogens with one attached hydrogen (secondary N) is 1. The van der Waals surface area contributed by atoms with E-state index in [2.05, 4.69) is 30.1 Å². The molecular formula is C17H23N3O. The van der Waals surface area contributed by atoms with E-state index in [4.69, 9.17) is 5.26 Å². The second-order valence-corrected chi connectivity index (χ2v) is 6.53. The Kier molecular flexibility index (Phi) is 4.98. The van der Waals surface area contributed by atoms with Crippen molar-refractivity contribution in [2.45, 2.75) is 33.1 Å². The predicted molar refractivity (Wildman–Crippen MR) is 83.9 cm³/mol. The Bertz CT molecular complexity index is 545. The summed E-state index contributed by atoms with van der Waals surface area (Å²) in [5.74, 6) is 0.0172. The van der Waals surface area contributed by atoms with E-state index in [-0.39, 0.29) is 5.91 Å². The molecule has 1 heterocycles. The number of nitrogens with zero attached hydrogens (tertiary/aromatic N) is 2. The van der Waals surface area contributed by atoms with Crippen LogP contribution in [-0.4, -0.2) is 30.4 Å². The maximum atomic E-state index is 11.9. The fraction of sp³-hybridized carbons (Fsp3) is 0.529. The van der Waals surface area contributed by atoms with Crippen LogP contribution >= 0.6 is 0 Å². The second kappa shape index (κ2) is 6.73. The van der Waals surface area contributed by atoms with Gasteiger partial charge in [0.1, 0.15) is 0 Å². The Morgan fingerprint density at radius 3 is 2.95 bits per heavy atom. The molecule has 0 radical (unpaired) electrons. The highest BCUT2D eigenvalue weighted by Gasteiger charge is 2.28. The summed E-state index contributed by atoms with van der Waals surface area (Å²) in [6.45, 7) is 7.83. The van der Waals surface area contributed by atoms with E-state index in [1.54, 1.807) is 18.2 Å². The van der Waals surface area contributed by atoms with E-state index < -0.39 is 0 Å². The molecule has 21 heavy (non-hydrogen) atoms. The first-order chi connectivity index (χ1) is 9.98. The number of hydrogen-bond acceptors (Lipinski definition) is 3. The lowest BCUT2D eigenvalue weighted by atomic mass is 9.93. The van der Waals surface area contributed by atoms with Gasteiger partial charge in [0, 0.05) is 18.7 Å². The van der Waals surface area contributed by atoms with Gasteiger partial charge >= 0.3 is 0 Å². The Balaban J connectivity index is 1.72. The summed E-state index contributed by atoms with van der Waals surface area (Å²) in [7, 11) is 0. The number of benzene rings is 1. The Morgan fingerprint density at radius 2 is 2.29 bits per heavy atom. The summed E-state index contributed by atoms with van der Waals surface area (Å²) in [6, 6.07) is 9.08. The molecule has 0 spiro atoms. The Morgan fingerprint density at radius 1 is 1.48 bits per heavy atom. The minimum atomic E-state index is 0.0172. The zero-order chi connectivity index (χ0) is 15.3. The normalized spacial score (nSPS) is 17.4. The molecule has 2 rings (SSSR count). The molecule has 0 aliphatic carbocycles. The van der Waals surface area contributed by atoms with E-state index in [0.717, 1.165) is 26.1 Å². The van der Waals surface area contributed by atoms with Crippen molar-refractivity contribution in [2.24, 2.45) is 5.41 Å². The van der Waals surface area contributed by atoms with Crippen molar-refractivity contribution in [1.82, 2.24) is 4.90 Å². The lowest BCUT2D eigenvalue weighted by molar-refractivity contribution is -0.116. The lowest BCUT2D eigenvalue weighted by Crippen LogP contribution is -2.25. The van der Waals surface area contributed by atoms with Crippen LogP contribution in [0, 0.1) is 16.7 Å². The third kappa shape index (κ3) is 4.87. The molecule has 0 unspecified atom stereocenters. The van der Waals surface area contributed by atoms with Crippen LogP contribution in [0.1, 0.15) is 38.7 Å². The summed E-state index contributed by atoms with van der Waals surface area (Å²) in [6.07, 6.45) is 2.63. The van der Waals surface area contributed by atoms with Crippen molar-refractivity contribution in [2.75, 3.05) is 25.0 Å². The fourth-order valence-corrected chi connectivity index (χ4v) is 2.77. The summed E-state index contributed by atoms with van der Waals surface area (Å²) in [5.41, 5.74) is 1.67. The quantitative estimate of drug-likeness (QED) is 0.904. The van der Waals surface area contributed by atoms with Crippen molar-refractivity contribution < 1.29 is 4.79 Å². The van der Waals surface area contributed by atoms with Crippen LogP contribution in [0.3, 0.4) is 0 Å². The van der Waals surface area contributed by atoms with Crippen molar-refractivity contribution in [3.8, 4) is 6.07 Å². The smallest absolute Gasteiger partial charge is 0.224 e. The van der Waals surface area contributed by atoms with Crippen molar-refractivity contribution in [1.29, 1.82) is 5.26 Å². The molecule has 112 valence electrons. The van der Waals surface area contributed by atoms with Gasteiger partial charge in [0.05, 0.1) is 11.6 Å². The second-order valence-electron chi connectivity index (χ2n) is 6.53. The van der Waals surface area contributed by atoms with Gasteiger partial charge in [-0.3, -0.25) is 4.79 Å². The fourth-order valence-electron chi connectivity index (χ4n) is 2.77. The third-order valence-corrected chi connectivity index (χ3v) is 3.91. The summed E-state index contributed by atoms with van der Waals surface area (Å²) < 4.78 is 0. The molecule has 1 N–H and O–H groups in total. The average molecular weight is 285 g/mol. The van der Waals surface area contributed by atoms with E-state index in [9.17, 15) is 4.79 Å². The highest BCUT2D eigenvalue weighted by atomic mass is 16.1. The van der Waals surface area contributed by atoms with E-state index >= 15 is 0 Å². The number of carbonyl (C=O) groups excluding carboxylic acids is 1. The number of amides is 1. The standard InChI is InChI=1S/C17H23N3O/c1-17(2)8-10-20(13-17)9-4-7-16(21)19-15-6-3-5-14(11-15)12-18/h3,5-6,11H,4,7-10,13H2,1-2H3,(H,19,21). The highest BCUT2D eigenvalue weighted by Crippen LogP contribution is 2.28. The van der Waals surface area contributed by atoms with Gasteiger partial charge in [-0.05, 0) is 49.5 Å². The van der Waals surface area contributed by atoms with Gasteiger partial charge in [-0.1, -0.05) is 19.9 Å². The molecule has 4 nitrogen and oxygen atoms in total. The Labute approximate surface area is 126 Å². The molecule has 1 fully saturated rings. The van der Waals surface area contributed by atoms with Crippen LogP contribution in [0.5, 0.6) is 0 Å². The van der Waals surface area contributed by atoms with E-state index in [1.807, 2.05) is 6.07 Å². The zero-order valence-corrected chi connectivity index (χ0v) is 12.9. The molecule has 1 saturated heterocycles. The summed E-state index contributed by atoms with van der Waals surface area (Å²) in [5, 5.41) is 11.7.